The Kier molecular flexibility index (Phi) is 6.11. The third-order valence-electron chi connectivity index (χ3n) is 5.08. The smallest absolute Gasteiger partial charge is 0.348 e. The van der Waals surface area contributed by atoms with E-state index in [2.05, 4.69) is 0 Å². The zero-order valence-electron chi connectivity index (χ0n) is 16.7. The summed E-state index contributed by atoms with van der Waals surface area (Å²) in [7, 11) is -1.64. The van der Waals surface area contributed by atoms with Crippen LogP contribution in [-0.4, -0.2) is 45.4 Å². The number of esters is 2. The number of methoxy groups -OCH3 is 2. The first kappa shape index (κ1) is 21.5. The quantitative estimate of drug-likeness (QED) is 0.666. The number of rotatable bonds is 5. The number of benzene rings is 1. The lowest BCUT2D eigenvalue weighted by atomic mass is 10.0. The normalized spacial score (nSPS) is 17.3. The summed E-state index contributed by atoms with van der Waals surface area (Å²) < 4.78 is 37.9. The Bertz CT molecular complexity index is 1040. The first-order valence-electron chi connectivity index (χ1n) is 9.10. The molecule has 1 atom stereocenters. The molecule has 0 amide bonds. The predicted octanol–water partition coefficient (Wildman–Crippen LogP) is 3.46. The number of carbonyl (C=O) groups excluding carboxylic acids is 2. The highest BCUT2D eigenvalue weighted by molar-refractivity contribution is 7.91. The van der Waals surface area contributed by atoms with Crippen LogP contribution in [0.15, 0.2) is 28.5 Å². The Morgan fingerprint density at radius 3 is 2.28 bits per heavy atom. The lowest BCUT2D eigenvalue weighted by molar-refractivity contribution is 0.0596. The minimum atomic E-state index is -4.03. The molecule has 0 radical (unpaired) electrons. The van der Waals surface area contributed by atoms with Crippen LogP contribution < -0.4 is 0 Å². The molecular formula is C20H23NO6S2. The molecule has 1 fully saturated rings. The number of carbonyl (C=O) groups is 2. The van der Waals surface area contributed by atoms with Crippen molar-refractivity contribution in [1.29, 1.82) is 0 Å². The van der Waals surface area contributed by atoms with Crippen LogP contribution in [0.1, 0.15) is 55.6 Å². The summed E-state index contributed by atoms with van der Waals surface area (Å²) in [6.07, 6.45) is 1.39. The summed E-state index contributed by atoms with van der Waals surface area (Å²) in [6, 6.07) is 7.42. The minimum Gasteiger partial charge on any atom is -0.465 e. The van der Waals surface area contributed by atoms with Gasteiger partial charge in [-0.25, -0.2) is 18.0 Å². The van der Waals surface area contributed by atoms with Crippen LogP contribution in [0.25, 0.3) is 0 Å². The number of thiophene rings is 1. The number of hydrogen-bond donors (Lipinski definition) is 0. The van der Waals surface area contributed by atoms with E-state index in [0.717, 1.165) is 22.5 Å². The number of nitrogens with zero attached hydrogens (tertiary/aromatic N) is 1. The molecule has 1 aromatic carbocycles. The fourth-order valence-electron chi connectivity index (χ4n) is 3.55. The number of sulfonamides is 1. The lowest BCUT2D eigenvalue weighted by Gasteiger charge is -2.24. The molecule has 0 N–H and O–H groups in total. The highest BCUT2D eigenvalue weighted by Gasteiger charge is 2.41. The van der Waals surface area contributed by atoms with Gasteiger partial charge in [0.2, 0.25) is 0 Å². The van der Waals surface area contributed by atoms with Crippen LogP contribution in [-0.2, 0) is 19.5 Å². The number of hydrogen-bond acceptors (Lipinski definition) is 7. The maximum absolute atomic E-state index is 13.6. The van der Waals surface area contributed by atoms with Crippen LogP contribution in [0.4, 0.5) is 0 Å². The van der Waals surface area contributed by atoms with Crippen LogP contribution in [0.3, 0.4) is 0 Å². The first-order chi connectivity index (χ1) is 13.7. The molecular weight excluding hydrogens is 414 g/mol. The maximum atomic E-state index is 13.6. The molecule has 2 heterocycles. The summed E-state index contributed by atoms with van der Waals surface area (Å²) in [5.74, 6) is -1.48. The molecule has 1 aliphatic rings. The van der Waals surface area contributed by atoms with Gasteiger partial charge in [0.25, 0.3) is 10.0 Å². The van der Waals surface area contributed by atoms with E-state index < -0.39 is 22.0 Å². The molecule has 3 rings (SSSR count). The molecule has 7 nitrogen and oxygen atoms in total. The Balaban J connectivity index is 2.12. The fourth-order valence-corrected chi connectivity index (χ4v) is 7.09. The second-order valence-electron chi connectivity index (χ2n) is 6.89. The van der Waals surface area contributed by atoms with Crippen molar-refractivity contribution in [2.24, 2.45) is 0 Å². The van der Waals surface area contributed by atoms with E-state index in [1.807, 2.05) is 31.2 Å². The van der Waals surface area contributed by atoms with Crippen LogP contribution in [0, 0.1) is 13.8 Å². The van der Waals surface area contributed by atoms with Crippen LogP contribution in [0.2, 0.25) is 0 Å². The van der Waals surface area contributed by atoms with Crippen molar-refractivity contribution in [1.82, 2.24) is 4.31 Å². The molecule has 156 valence electrons. The van der Waals surface area contributed by atoms with E-state index in [0.29, 0.717) is 19.4 Å². The molecule has 2 aromatic rings. The molecule has 1 unspecified atom stereocenters. The largest absolute Gasteiger partial charge is 0.465 e. The standard InChI is InChI=1S/C20H23NO6S2/c1-12-7-9-14(10-8-12)15-6-5-11-21(15)29(24,25)20-16(18(22)26-3)13(2)17(28-20)19(23)27-4/h7-10,15H,5-6,11H2,1-4H3. The average molecular weight is 438 g/mol. The fraction of sp³-hybridized carbons (Fsp3) is 0.400. The molecule has 1 aromatic heterocycles. The van der Waals surface area contributed by atoms with Gasteiger partial charge in [0.05, 0.1) is 25.8 Å². The van der Waals surface area contributed by atoms with Crippen molar-refractivity contribution in [2.45, 2.75) is 36.9 Å². The second kappa shape index (κ2) is 8.25. The summed E-state index contributed by atoms with van der Waals surface area (Å²) in [4.78, 5) is 24.6. The lowest BCUT2D eigenvalue weighted by Crippen LogP contribution is -2.31. The first-order valence-corrected chi connectivity index (χ1v) is 11.4. The highest BCUT2D eigenvalue weighted by Crippen LogP contribution is 2.41. The Labute approximate surface area is 174 Å². The topological polar surface area (TPSA) is 90.0 Å². The van der Waals surface area contributed by atoms with E-state index in [1.54, 1.807) is 0 Å². The van der Waals surface area contributed by atoms with Gasteiger partial charge in [-0.3, -0.25) is 0 Å². The van der Waals surface area contributed by atoms with Crippen molar-refractivity contribution >= 4 is 33.3 Å². The molecule has 1 aliphatic heterocycles. The zero-order valence-corrected chi connectivity index (χ0v) is 18.4. The Morgan fingerprint density at radius 2 is 1.69 bits per heavy atom. The number of ether oxygens (including phenoxy) is 2. The van der Waals surface area contributed by atoms with Gasteiger partial charge in [-0.05, 0) is 37.8 Å². The molecule has 29 heavy (non-hydrogen) atoms. The van der Waals surface area contributed by atoms with Gasteiger partial charge in [0.1, 0.15) is 4.88 Å². The number of aryl methyl sites for hydroxylation is 1. The second-order valence-corrected chi connectivity index (χ2v) is 9.99. The van der Waals surface area contributed by atoms with E-state index in [4.69, 9.17) is 9.47 Å². The van der Waals surface area contributed by atoms with Gasteiger partial charge in [0, 0.05) is 6.54 Å². The van der Waals surface area contributed by atoms with Crippen molar-refractivity contribution in [3.05, 3.63) is 51.4 Å². The maximum Gasteiger partial charge on any atom is 0.348 e. The molecule has 0 aliphatic carbocycles. The van der Waals surface area contributed by atoms with E-state index in [1.165, 1.54) is 25.4 Å². The summed E-state index contributed by atoms with van der Waals surface area (Å²) in [5, 5.41) is 0. The summed E-state index contributed by atoms with van der Waals surface area (Å²) in [5.41, 5.74) is 2.13. The van der Waals surface area contributed by atoms with Gasteiger partial charge >= 0.3 is 11.9 Å². The minimum absolute atomic E-state index is 0.0811. The van der Waals surface area contributed by atoms with Crippen molar-refractivity contribution in [3.63, 3.8) is 0 Å². The third-order valence-corrected chi connectivity index (χ3v) is 8.76. The summed E-state index contributed by atoms with van der Waals surface area (Å²) in [6.45, 7) is 3.83. The van der Waals surface area contributed by atoms with E-state index in [9.17, 15) is 18.0 Å². The van der Waals surface area contributed by atoms with Crippen molar-refractivity contribution < 1.29 is 27.5 Å². The van der Waals surface area contributed by atoms with Crippen LogP contribution >= 0.6 is 11.3 Å². The molecule has 0 spiro atoms. The SMILES string of the molecule is COC(=O)c1sc(S(=O)(=O)N2CCCC2c2ccc(C)cc2)c(C(=O)OC)c1C. The van der Waals surface area contributed by atoms with E-state index in [-0.39, 0.29) is 26.3 Å². The molecule has 0 saturated carbocycles. The average Bonchev–Trinajstić information content (AvgIpc) is 3.33. The van der Waals surface area contributed by atoms with Crippen molar-refractivity contribution in [3.8, 4) is 0 Å². The third kappa shape index (κ3) is 3.82. The Hall–Kier alpha value is -2.23. The van der Waals surface area contributed by atoms with Gasteiger partial charge < -0.3 is 9.47 Å². The van der Waals surface area contributed by atoms with Crippen LogP contribution in [0.5, 0.6) is 0 Å². The highest BCUT2D eigenvalue weighted by atomic mass is 32.2. The zero-order chi connectivity index (χ0) is 21.3. The van der Waals surface area contributed by atoms with Gasteiger partial charge in [0.15, 0.2) is 4.21 Å². The van der Waals surface area contributed by atoms with Gasteiger partial charge in [-0.2, -0.15) is 4.31 Å². The molecule has 0 bridgehead atoms. The monoisotopic (exact) mass is 437 g/mol. The van der Waals surface area contributed by atoms with Gasteiger partial charge in [-0.15, -0.1) is 11.3 Å². The van der Waals surface area contributed by atoms with E-state index >= 15 is 0 Å². The van der Waals surface area contributed by atoms with Gasteiger partial charge in [-0.1, -0.05) is 29.8 Å². The molecule has 9 heteroatoms. The Morgan fingerprint density at radius 1 is 1.07 bits per heavy atom. The molecule has 1 saturated heterocycles. The predicted molar refractivity (Wildman–Crippen MR) is 109 cm³/mol. The van der Waals surface area contributed by atoms with Crippen molar-refractivity contribution in [2.75, 3.05) is 20.8 Å². The summed E-state index contributed by atoms with van der Waals surface area (Å²) >= 11 is 0.751.